The molecule has 0 aromatic rings. The van der Waals surface area contributed by atoms with Gasteiger partial charge in [-0.25, -0.2) is 0 Å². The molecule has 0 radical (unpaired) electrons. The van der Waals surface area contributed by atoms with Gasteiger partial charge < -0.3 is 18.9 Å². The van der Waals surface area contributed by atoms with Crippen molar-refractivity contribution in [3.63, 3.8) is 0 Å². The van der Waals surface area contributed by atoms with Gasteiger partial charge >= 0.3 is 0 Å². The summed E-state index contributed by atoms with van der Waals surface area (Å²) in [6.07, 6.45) is 0. The van der Waals surface area contributed by atoms with Gasteiger partial charge in [0.25, 0.3) is 0 Å². The molecule has 0 N–H and O–H groups in total. The zero-order valence-electron chi connectivity index (χ0n) is 33.6. The zero-order valence-corrected chi connectivity index (χ0v) is 33.6. The van der Waals surface area contributed by atoms with Crippen molar-refractivity contribution in [2.24, 2.45) is 21.7 Å². The Labute approximate surface area is 274 Å². The van der Waals surface area contributed by atoms with E-state index in [1.54, 1.807) is 11.1 Å². The summed E-state index contributed by atoms with van der Waals surface area (Å²) in [5.41, 5.74) is 8.34. The third-order valence-electron chi connectivity index (χ3n) is 13.1. The molecule has 3 heterocycles. The summed E-state index contributed by atoms with van der Waals surface area (Å²) in [7, 11) is 0. The van der Waals surface area contributed by atoms with Gasteiger partial charge in [-0.2, -0.15) is 0 Å². The molecule has 3 aliphatic heterocycles. The van der Waals surface area contributed by atoms with Crippen LogP contribution in [0.3, 0.4) is 0 Å². The van der Waals surface area contributed by atoms with Gasteiger partial charge in [-0.05, 0) is 130 Å². The molecular weight excluding hydrogens is 544 g/mol. The van der Waals surface area contributed by atoms with Crippen molar-refractivity contribution in [3.05, 3.63) is 45.1 Å². The van der Waals surface area contributed by atoms with Gasteiger partial charge in [0.15, 0.2) is 0 Å². The van der Waals surface area contributed by atoms with Crippen molar-refractivity contribution < 1.29 is 18.9 Å². The second-order valence-corrected chi connectivity index (χ2v) is 17.6. The molecule has 0 fully saturated rings. The van der Waals surface area contributed by atoms with Gasteiger partial charge in [-0.1, -0.05) is 66.5 Å². The maximum Gasteiger partial charge on any atom is 0.245 e. The van der Waals surface area contributed by atoms with Gasteiger partial charge in [0, 0.05) is 19.3 Å². The fourth-order valence-corrected chi connectivity index (χ4v) is 6.73. The second kappa shape index (κ2) is 12.2. The molecule has 4 rings (SSSR count). The smallest absolute Gasteiger partial charge is 0.245 e. The lowest BCUT2D eigenvalue weighted by Gasteiger charge is -2.46. The van der Waals surface area contributed by atoms with Gasteiger partial charge in [-0.15, -0.1) is 0 Å². The summed E-state index contributed by atoms with van der Waals surface area (Å²) in [6.45, 7) is 52.3. The fourth-order valence-electron chi connectivity index (χ4n) is 6.73. The molecule has 0 amide bonds. The highest BCUT2D eigenvalue weighted by molar-refractivity contribution is 5.35. The van der Waals surface area contributed by atoms with Crippen LogP contribution in [0.15, 0.2) is 45.1 Å². The average Bonchev–Trinajstić information content (AvgIpc) is 3.25. The van der Waals surface area contributed by atoms with Crippen molar-refractivity contribution in [2.45, 2.75) is 189 Å². The van der Waals surface area contributed by atoms with Crippen LogP contribution in [0.1, 0.15) is 166 Å². The molecule has 1 aliphatic carbocycles. The normalized spacial score (nSPS) is 27.3. The van der Waals surface area contributed by atoms with E-state index in [9.17, 15) is 0 Å². The Morgan fingerprint density at radius 1 is 0.341 bits per heavy atom. The number of rotatable bonds is 0. The lowest BCUT2D eigenvalue weighted by molar-refractivity contribution is -0.122. The van der Waals surface area contributed by atoms with E-state index in [4.69, 9.17) is 18.9 Å². The summed E-state index contributed by atoms with van der Waals surface area (Å²) in [6, 6.07) is 0. The van der Waals surface area contributed by atoms with Crippen LogP contribution < -0.4 is 0 Å². The predicted molar refractivity (Wildman–Crippen MR) is 189 cm³/mol. The number of ether oxygens (including phenoxy) is 4. The highest BCUT2D eigenvalue weighted by atomic mass is 16.7. The van der Waals surface area contributed by atoms with E-state index in [-0.39, 0.29) is 22.2 Å². The van der Waals surface area contributed by atoms with Crippen LogP contribution in [0.4, 0.5) is 0 Å². The first kappa shape index (κ1) is 40.3. The Morgan fingerprint density at radius 2 is 0.659 bits per heavy atom. The molecule has 0 unspecified atom stereocenters. The molecule has 0 bridgehead atoms. The molecule has 0 aromatic carbocycles. The van der Waals surface area contributed by atoms with Crippen LogP contribution in [-0.2, 0) is 18.9 Å². The third kappa shape index (κ3) is 7.31. The summed E-state index contributed by atoms with van der Waals surface area (Å²) in [5, 5.41) is 0. The van der Waals surface area contributed by atoms with Crippen LogP contribution in [0.5, 0.6) is 0 Å². The minimum atomic E-state index is -0.436. The minimum Gasteiger partial charge on any atom is -0.492 e. The van der Waals surface area contributed by atoms with E-state index in [2.05, 4.69) is 132 Å². The quantitative estimate of drug-likeness (QED) is 0.254. The molecule has 0 saturated heterocycles. The summed E-state index contributed by atoms with van der Waals surface area (Å²) < 4.78 is 22.3. The average molecular weight is 617 g/mol. The minimum absolute atomic E-state index is 0.0405. The maximum absolute atomic E-state index is 5.89. The first-order valence-electron chi connectivity index (χ1n) is 16.6. The van der Waals surface area contributed by atoms with Crippen LogP contribution in [0.25, 0.3) is 0 Å². The molecule has 0 saturated carbocycles. The van der Waals surface area contributed by atoms with E-state index < -0.39 is 5.79 Å². The molecule has 4 aliphatic rings. The molecule has 4 nitrogen and oxygen atoms in total. The highest BCUT2D eigenvalue weighted by Crippen LogP contribution is 2.64. The first-order valence-corrected chi connectivity index (χ1v) is 16.6. The zero-order chi connectivity index (χ0) is 35.4. The summed E-state index contributed by atoms with van der Waals surface area (Å²) in [4.78, 5) is 0. The number of hydrogen-bond acceptors (Lipinski definition) is 4. The van der Waals surface area contributed by atoms with Crippen molar-refractivity contribution in [2.75, 3.05) is 0 Å². The molecule has 256 valence electrons. The van der Waals surface area contributed by atoms with Crippen LogP contribution in [0, 0.1) is 21.7 Å². The van der Waals surface area contributed by atoms with Gasteiger partial charge in [0.05, 0.1) is 17.0 Å². The number of allylic oxidation sites excluding steroid dienone is 5. The standard InChI is InChI=1S/C13H24.2C10H18O.C7H12O2/c1-9-10(2)12(5,6)13(7,8)11(9,3)4;1-7-8(2)11-10(5,6)9(7,3)4;1-7-8(2)10(5,6)11-9(7,3)4;1-5-6(2)9-7(3,4)8-5/h1-8H3;2*1-6H3;1-4H3. The largest absolute Gasteiger partial charge is 0.492 e. The molecule has 4 heteroatoms. The summed E-state index contributed by atoms with van der Waals surface area (Å²) >= 11 is 0. The van der Waals surface area contributed by atoms with Gasteiger partial charge in [0.1, 0.15) is 17.1 Å². The molecular formula is C40H72O4. The van der Waals surface area contributed by atoms with Crippen LogP contribution >= 0.6 is 0 Å². The highest BCUT2D eigenvalue weighted by Gasteiger charge is 2.55. The monoisotopic (exact) mass is 617 g/mol. The molecule has 0 spiro atoms. The van der Waals surface area contributed by atoms with Crippen LogP contribution in [-0.4, -0.2) is 22.6 Å². The van der Waals surface area contributed by atoms with Crippen molar-refractivity contribution in [1.29, 1.82) is 0 Å². The Hall–Kier alpha value is -1.68. The maximum atomic E-state index is 5.89. The lowest BCUT2D eigenvalue weighted by Crippen LogP contribution is -2.39. The molecule has 0 atom stereocenters. The molecule has 44 heavy (non-hydrogen) atoms. The van der Waals surface area contributed by atoms with Crippen molar-refractivity contribution in [1.82, 2.24) is 0 Å². The van der Waals surface area contributed by atoms with Crippen LogP contribution in [0.2, 0.25) is 0 Å². The topological polar surface area (TPSA) is 36.9 Å². The van der Waals surface area contributed by atoms with E-state index in [0.29, 0.717) is 16.2 Å². The number of hydrogen-bond donors (Lipinski definition) is 0. The van der Waals surface area contributed by atoms with E-state index in [1.807, 2.05) is 34.6 Å². The Bertz CT molecular complexity index is 1160. The summed E-state index contributed by atoms with van der Waals surface area (Å²) in [5.74, 6) is 2.44. The Balaban J connectivity index is 0.000000295. The first-order chi connectivity index (χ1) is 19.1. The predicted octanol–water partition coefficient (Wildman–Crippen LogP) is 12.5. The van der Waals surface area contributed by atoms with E-state index >= 15 is 0 Å². The Kier molecular flexibility index (Phi) is 11.2. The fraction of sp³-hybridized carbons (Fsp3) is 0.800. The molecule has 0 aromatic heterocycles. The van der Waals surface area contributed by atoms with Crippen molar-refractivity contribution in [3.8, 4) is 0 Å². The van der Waals surface area contributed by atoms with E-state index in [0.717, 1.165) is 17.3 Å². The van der Waals surface area contributed by atoms with Gasteiger partial charge in [-0.3, -0.25) is 0 Å². The van der Waals surface area contributed by atoms with E-state index in [1.165, 1.54) is 16.7 Å². The van der Waals surface area contributed by atoms with Gasteiger partial charge in [0.2, 0.25) is 5.79 Å². The van der Waals surface area contributed by atoms with Crippen molar-refractivity contribution >= 4 is 0 Å². The third-order valence-corrected chi connectivity index (χ3v) is 13.1. The SMILES string of the molecule is CC1=C(C)C(C)(C)C(C)(C)C1(C)C.CC1=C(C)C(C)(C)C(C)(C)O1.CC1=C(C)C(C)(C)OC1(C)C.CC1=C(C)OC(C)(C)O1. The Morgan fingerprint density at radius 3 is 0.750 bits per heavy atom. The lowest BCUT2D eigenvalue weighted by atomic mass is 9.58. The second-order valence-electron chi connectivity index (χ2n) is 17.6.